The summed E-state index contributed by atoms with van der Waals surface area (Å²) in [6, 6.07) is 11.2. The predicted octanol–water partition coefficient (Wildman–Crippen LogP) is 4.40. The molecule has 0 spiro atoms. The van der Waals surface area contributed by atoms with E-state index in [9.17, 15) is 4.79 Å². The zero-order valence-corrected chi connectivity index (χ0v) is 18.2. The van der Waals surface area contributed by atoms with Crippen molar-refractivity contribution in [1.82, 2.24) is 20.1 Å². The Bertz CT molecular complexity index is 1040. The van der Waals surface area contributed by atoms with Crippen LogP contribution in [-0.2, 0) is 0 Å². The largest absolute Gasteiger partial charge is 0.493 e. The Hall–Kier alpha value is -3.35. The molecule has 7 heteroatoms. The van der Waals surface area contributed by atoms with Crippen LogP contribution in [0, 0.1) is 6.92 Å². The zero-order chi connectivity index (χ0) is 21.8. The summed E-state index contributed by atoms with van der Waals surface area (Å²) >= 11 is 0. The van der Waals surface area contributed by atoms with Crippen LogP contribution in [0.25, 0.3) is 5.69 Å². The number of aromatic nitrogens is 3. The van der Waals surface area contributed by atoms with Crippen molar-refractivity contribution in [2.24, 2.45) is 0 Å². The molecular formula is C24H28N4O3. The molecule has 7 nitrogen and oxygen atoms in total. The summed E-state index contributed by atoms with van der Waals surface area (Å²) < 4.78 is 13.3. The second kappa shape index (κ2) is 9.20. The standard InChI is InChI=1S/C24H28N4O3/c1-16-12-19(8-10-21(16)28-15-25-14-26-28)24(29)27-17(2)18-9-11-22(23(13-18)30-3)31-20-6-4-5-7-20/h8-15,17,20H,4-7H2,1-3H3,(H,27,29)/t17-/m1/s1. The third kappa shape index (κ3) is 4.71. The molecule has 1 heterocycles. The van der Waals surface area contributed by atoms with E-state index in [4.69, 9.17) is 9.47 Å². The minimum absolute atomic E-state index is 0.133. The fraction of sp³-hybridized carbons (Fsp3) is 0.375. The summed E-state index contributed by atoms with van der Waals surface area (Å²) in [5.41, 5.74) is 3.40. The average Bonchev–Trinajstić information content (AvgIpc) is 3.48. The van der Waals surface area contributed by atoms with Crippen LogP contribution in [0.5, 0.6) is 11.5 Å². The minimum atomic E-state index is -0.183. The van der Waals surface area contributed by atoms with Crippen LogP contribution in [0.2, 0.25) is 0 Å². The fourth-order valence-electron chi connectivity index (χ4n) is 3.99. The molecule has 1 saturated carbocycles. The molecular weight excluding hydrogens is 392 g/mol. The summed E-state index contributed by atoms with van der Waals surface area (Å²) in [4.78, 5) is 16.8. The fourth-order valence-corrected chi connectivity index (χ4v) is 3.99. The first-order chi connectivity index (χ1) is 15.0. The number of carbonyl (C=O) groups is 1. The molecule has 1 aromatic heterocycles. The molecule has 0 saturated heterocycles. The molecule has 0 radical (unpaired) electrons. The lowest BCUT2D eigenvalue weighted by atomic mass is 10.1. The van der Waals surface area contributed by atoms with Gasteiger partial charge in [0, 0.05) is 5.56 Å². The number of carbonyl (C=O) groups excluding carboxylic acids is 1. The van der Waals surface area contributed by atoms with Crippen molar-refractivity contribution in [3.63, 3.8) is 0 Å². The van der Waals surface area contributed by atoms with Crippen LogP contribution in [0.3, 0.4) is 0 Å². The van der Waals surface area contributed by atoms with Gasteiger partial charge in [-0.1, -0.05) is 6.07 Å². The summed E-state index contributed by atoms with van der Waals surface area (Å²) in [5.74, 6) is 1.32. The molecule has 162 valence electrons. The number of nitrogens with zero attached hydrogens (tertiary/aromatic N) is 3. The summed E-state index contributed by atoms with van der Waals surface area (Å²) in [6.45, 7) is 3.91. The van der Waals surface area contributed by atoms with Gasteiger partial charge in [-0.2, -0.15) is 5.10 Å². The van der Waals surface area contributed by atoms with Crippen LogP contribution in [0.15, 0.2) is 49.1 Å². The molecule has 4 rings (SSSR count). The van der Waals surface area contributed by atoms with Crippen molar-refractivity contribution in [3.8, 4) is 17.2 Å². The first kappa shape index (κ1) is 20.9. The van der Waals surface area contributed by atoms with E-state index in [0.29, 0.717) is 11.3 Å². The summed E-state index contributed by atoms with van der Waals surface area (Å²) in [7, 11) is 1.64. The predicted molar refractivity (Wildman–Crippen MR) is 118 cm³/mol. The molecule has 1 N–H and O–H groups in total. The number of ether oxygens (including phenoxy) is 2. The molecule has 1 aliphatic rings. The number of rotatable bonds is 7. The average molecular weight is 421 g/mol. The molecule has 1 aliphatic carbocycles. The third-order valence-electron chi connectivity index (χ3n) is 5.76. The van der Waals surface area contributed by atoms with Gasteiger partial charge in [0.05, 0.1) is 24.9 Å². The van der Waals surface area contributed by atoms with Crippen LogP contribution in [0.4, 0.5) is 0 Å². The normalized spacial score (nSPS) is 14.9. The maximum atomic E-state index is 12.8. The Labute approximate surface area is 182 Å². The Morgan fingerprint density at radius 1 is 1.16 bits per heavy atom. The number of hydrogen-bond acceptors (Lipinski definition) is 5. The lowest BCUT2D eigenvalue weighted by molar-refractivity contribution is 0.0939. The number of nitrogens with one attached hydrogen (secondary N) is 1. The molecule has 0 unspecified atom stereocenters. The molecule has 1 fully saturated rings. The lowest BCUT2D eigenvalue weighted by Crippen LogP contribution is -2.26. The van der Waals surface area contributed by atoms with Crippen molar-refractivity contribution in [2.45, 2.75) is 51.7 Å². The first-order valence-corrected chi connectivity index (χ1v) is 10.7. The van der Waals surface area contributed by atoms with E-state index in [-0.39, 0.29) is 18.1 Å². The topological polar surface area (TPSA) is 78.3 Å². The van der Waals surface area contributed by atoms with E-state index in [1.54, 1.807) is 24.2 Å². The zero-order valence-electron chi connectivity index (χ0n) is 18.2. The van der Waals surface area contributed by atoms with Crippen molar-refractivity contribution in [3.05, 3.63) is 65.7 Å². The minimum Gasteiger partial charge on any atom is -0.493 e. The van der Waals surface area contributed by atoms with Crippen LogP contribution < -0.4 is 14.8 Å². The van der Waals surface area contributed by atoms with E-state index in [0.717, 1.165) is 35.4 Å². The molecule has 1 atom stereocenters. The van der Waals surface area contributed by atoms with Gasteiger partial charge >= 0.3 is 0 Å². The van der Waals surface area contributed by atoms with Gasteiger partial charge in [-0.25, -0.2) is 9.67 Å². The molecule has 3 aromatic rings. The van der Waals surface area contributed by atoms with Gasteiger partial charge in [0.1, 0.15) is 12.7 Å². The van der Waals surface area contributed by atoms with Gasteiger partial charge in [0.25, 0.3) is 5.91 Å². The smallest absolute Gasteiger partial charge is 0.251 e. The molecule has 31 heavy (non-hydrogen) atoms. The third-order valence-corrected chi connectivity index (χ3v) is 5.76. The van der Waals surface area contributed by atoms with E-state index in [1.165, 1.54) is 19.2 Å². The highest BCUT2D eigenvalue weighted by atomic mass is 16.5. The Kier molecular flexibility index (Phi) is 6.21. The number of aryl methyl sites for hydroxylation is 1. The van der Waals surface area contributed by atoms with Gasteiger partial charge in [-0.05, 0) is 81.0 Å². The van der Waals surface area contributed by atoms with Crippen molar-refractivity contribution in [1.29, 1.82) is 0 Å². The van der Waals surface area contributed by atoms with E-state index in [1.807, 2.05) is 44.2 Å². The molecule has 2 aromatic carbocycles. The summed E-state index contributed by atoms with van der Waals surface area (Å²) in [5, 5.41) is 7.22. The van der Waals surface area contributed by atoms with Crippen molar-refractivity contribution in [2.75, 3.05) is 7.11 Å². The van der Waals surface area contributed by atoms with Crippen LogP contribution >= 0.6 is 0 Å². The Balaban J connectivity index is 1.45. The van der Waals surface area contributed by atoms with E-state index >= 15 is 0 Å². The highest BCUT2D eigenvalue weighted by molar-refractivity contribution is 5.95. The van der Waals surface area contributed by atoms with Crippen LogP contribution in [-0.4, -0.2) is 33.9 Å². The molecule has 1 amide bonds. The van der Waals surface area contributed by atoms with E-state index in [2.05, 4.69) is 15.4 Å². The second-order valence-electron chi connectivity index (χ2n) is 7.97. The van der Waals surface area contributed by atoms with E-state index < -0.39 is 0 Å². The molecule has 0 bridgehead atoms. The van der Waals surface area contributed by atoms with Gasteiger partial charge in [-0.15, -0.1) is 0 Å². The second-order valence-corrected chi connectivity index (χ2v) is 7.97. The highest BCUT2D eigenvalue weighted by Crippen LogP contribution is 2.33. The van der Waals surface area contributed by atoms with Gasteiger partial charge in [-0.3, -0.25) is 4.79 Å². The van der Waals surface area contributed by atoms with Crippen LogP contribution in [0.1, 0.15) is 60.1 Å². The summed E-state index contributed by atoms with van der Waals surface area (Å²) in [6.07, 6.45) is 8.00. The monoisotopic (exact) mass is 420 g/mol. The van der Waals surface area contributed by atoms with Crippen molar-refractivity contribution < 1.29 is 14.3 Å². The maximum absolute atomic E-state index is 12.8. The lowest BCUT2D eigenvalue weighted by Gasteiger charge is -2.19. The Morgan fingerprint density at radius 2 is 1.97 bits per heavy atom. The maximum Gasteiger partial charge on any atom is 0.251 e. The number of benzene rings is 2. The molecule has 0 aliphatic heterocycles. The number of methoxy groups -OCH3 is 1. The SMILES string of the molecule is COc1cc([C@@H](C)NC(=O)c2ccc(-n3cncn3)c(C)c2)ccc1OC1CCCC1. The van der Waals surface area contributed by atoms with Gasteiger partial charge < -0.3 is 14.8 Å². The quantitative estimate of drug-likeness (QED) is 0.613. The van der Waals surface area contributed by atoms with Gasteiger partial charge in [0.15, 0.2) is 11.5 Å². The first-order valence-electron chi connectivity index (χ1n) is 10.7. The number of amides is 1. The number of hydrogen-bond donors (Lipinski definition) is 1. The van der Waals surface area contributed by atoms with Gasteiger partial charge in [0.2, 0.25) is 0 Å². The Morgan fingerprint density at radius 3 is 2.65 bits per heavy atom. The highest BCUT2D eigenvalue weighted by Gasteiger charge is 2.20. The van der Waals surface area contributed by atoms with Crippen molar-refractivity contribution >= 4 is 5.91 Å².